The first-order valence-electron chi connectivity index (χ1n) is 7.20. The molecule has 12 heteroatoms. The number of rotatable bonds is 6. The van der Waals surface area contributed by atoms with Gasteiger partial charge in [-0.1, -0.05) is 22.6 Å². The van der Waals surface area contributed by atoms with Crippen molar-refractivity contribution in [2.24, 2.45) is 0 Å². The molecule has 8 nitrogen and oxygen atoms in total. The highest BCUT2D eigenvalue weighted by atomic mass is 127. The summed E-state index contributed by atoms with van der Waals surface area (Å²) in [6.45, 7) is -2.00. The van der Waals surface area contributed by atoms with Gasteiger partial charge < -0.3 is 19.7 Å². The molecule has 1 unspecified atom stereocenters. The molecule has 1 aromatic rings. The first-order valence-corrected chi connectivity index (χ1v) is 8.73. The molecular weight excluding hydrogens is 464 g/mol. The molecule has 0 aliphatic carbocycles. The lowest BCUT2D eigenvalue weighted by Gasteiger charge is -2.19. The Labute approximate surface area is 152 Å². The van der Waals surface area contributed by atoms with Crippen molar-refractivity contribution in [3.8, 4) is 0 Å². The van der Waals surface area contributed by atoms with Crippen molar-refractivity contribution < 1.29 is 32.9 Å². The van der Waals surface area contributed by atoms with E-state index in [1.165, 1.54) is 0 Å². The molecule has 0 bridgehead atoms. The van der Waals surface area contributed by atoms with E-state index in [4.69, 9.17) is 14.6 Å². The number of aromatic nitrogens is 2. The molecular formula is C13H16F3IN2O6. The van der Waals surface area contributed by atoms with E-state index in [2.05, 4.69) is 0 Å². The summed E-state index contributed by atoms with van der Waals surface area (Å²) in [4.78, 5) is 25.9. The average Bonchev–Trinajstić information content (AvgIpc) is 2.89. The number of aromatic amines is 1. The Morgan fingerprint density at radius 3 is 2.68 bits per heavy atom. The van der Waals surface area contributed by atoms with Crippen LogP contribution in [0.15, 0.2) is 15.8 Å². The highest BCUT2D eigenvalue weighted by Crippen LogP contribution is 2.28. The maximum absolute atomic E-state index is 12.3. The standard InChI is InChI=1S/C13H16F3IN2O6/c14-13(15,16)5-24-8(2-17)6-3-19(12(23)18-11(6)22)10-1-7(21)9(4-20)25-10/h3,7-10,20-21H,1-2,4-5H2,(H,18,22,23)/t7-,8?,9+,10+/m0/s1. The van der Waals surface area contributed by atoms with Crippen molar-refractivity contribution in [3.05, 3.63) is 32.6 Å². The van der Waals surface area contributed by atoms with E-state index in [0.29, 0.717) is 0 Å². The van der Waals surface area contributed by atoms with E-state index in [-0.39, 0.29) is 16.4 Å². The molecule has 2 rings (SSSR count). The number of hydrogen-bond donors (Lipinski definition) is 3. The fourth-order valence-electron chi connectivity index (χ4n) is 2.41. The second-order valence-corrected chi connectivity index (χ2v) is 6.32. The second-order valence-electron chi connectivity index (χ2n) is 5.43. The highest BCUT2D eigenvalue weighted by Gasteiger charge is 2.36. The van der Waals surface area contributed by atoms with Crippen LogP contribution in [0.25, 0.3) is 0 Å². The van der Waals surface area contributed by atoms with Gasteiger partial charge in [-0.25, -0.2) is 4.79 Å². The lowest BCUT2D eigenvalue weighted by molar-refractivity contribution is -0.183. The fourth-order valence-corrected chi connectivity index (χ4v) is 3.14. The summed E-state index contributed by atoms with van der Waals surface area (Å²) in [6.07, 6.45) is -7.57. The van der Waals surface area contributed by atoms with E-state index in [9.17, 15) is 27.9 Å². The summed E-state index contributed by atoms with van der Waals surface area (Å²) in [5, 5.41) is 18.8. The summed E-state index contributed by atoms with van der Waals surface area (Å²) >= 11 is 1.77. The molecule has 3 N–H and O–H groups in total. The van der Waals surface area contributed by atoms with Crippen LogP contribution in [0.5, 0.6) is 0 Å². The zero-order chi connectivity index (χ0) is 18.8. The number of ether oxygens (including phenoxy) is 2. The van der Waals surface area contributed by atoms with Gasteiger partial charge in [0.2, 0.25) is 0 Å². The lowest BCUT2D eigenvalue weighted by atomic mass is 10.2. The molecule has 0 aromatic carbocycles. The molecule has 0 radical (unpaired) electrons. The van der Waals surface area contributed by atoms with Crippen molar-refractivity contribution in [2.75, 3.05) is 17.6 Å². The van der Waals surface area contributed by atoms with Gasteiger partial charge in [0.15, 0.2) is 0 Å². The Kier molecular flexibility index (Phi) is 6.64. The second kappa shape index (κ2) is 8.16. The largest absolute Gasteiger partial charge is 0.411 e. The minimum atomic E-state index is -4.56. The van der Waals surface area contributed by atoms with Gasteiger partial charge in [-0.15, -0.1) is 0 Å². The van der Waals surface area contributed by atoms with Crippen molar-refractivity contribution >= 4 is 22.6 Å². The Morgan fingerprint density at radius 2 is 2.16 bits per heavy atom. The molecule has 1 aliphatic heterocycles. The molecule has 0 saturated carbocycles. The van der Waals surface area contributed by atoms with Crippen LogP contribution < -0.4 is 11.2 Å². The smallest absolute Gasteiger partial charge is 0.394 e. The SMILES string of the molecule is O=c1[nH]c(=O)n([C@H]2C[C@H](O)[C@@H](CO)O2)cc1C(CI)OCC(F)(F)F. The molecule has 1 saturated heterocycles. The van der Waals surface area contributed by atoms with Gasteiger partial charge in [0.1, 0.15) is 18.9 Å². The van der Waals surface area contributed by atoms with Crippen LogP contribution in [0.1, 0.15) is 24.3 Å². The number of alkyl halides is 4. The number of halogens is 4. The van der Waals surface area contributed by atoms with Crippen LogP contribution >= 0.6 is 22.6 Å². The predicted molar refractivity (Wildman–Crippen MR) is 86.6 cm³/mol. The van der Waals surface area contributed by atoms with Crippen LogP contribution in [0, 0.1) is 0 Å². The third-order valence-corrected chi connectivity index (χ3v) is 4.42. The van der Waals surface area contributed by atoms with E-state index in [0.717, 1.165) is 10.8 Å². The Morgan fingerprint density at radius 1 is 1.48 bits per heavy atom. The van der Waals surface area contributed by atoms with Crippen molar-refractivity contribution in [2.45, 2.75) is 37.1 Å². The van der Waals surface area contributed by atoms with Crippen LogP contribution in [-0.2, 0) is 9.47 Å². The van der Waals surface area contributed by atoms with Gasteiger partial charge >= 0.3 is 11.9 Å². The highest BCUT2D eigenvalue weighted by molar-refractivity contribution is 14.1. The van der Waals surface area contributed by atoms with Crippen molar-refractivity contribution in [3.63, 3.8) is 0 Å². The molecule has 0 amide bonds. The summed E-state index contributed by atoms with van der Waals surface area (Å²) in [5.74, 6) is 0. The quantitative estimate of drug-likeness (QED) is 0.397. The van der Waals surface area contributed by atoms with Crippen molar-refractivity contribution in [1.82, 2.24) is 9.55 Å². The minimum absolute atomic E-state index is 0.0189. The van der Waals surface area contributed by atoms with Gasteiger partial charge in [0.25, 0.3) is 5.56 Å². The third-order valence-electron chi connectivity index (χ3n) is 3.62. The topological polar surface area (TPSA) is 114 Å². The normalized spacial score (nSPS) is 25.3. The van der Waals surface area contributed by atoms with E-state index in [1.807, 2.05) is 4.98 Å². The summed E-state index contributed by atoms with van der Waals surface area (Å²) < 4.78 is 48.1. The summed E-state index contributed by atoms with van der Waals surface area (Å²) in [5.41, 5.74) is -1.86. The molecule has 0 spiro atoms. The zero-order valence-electron chi connectivity index (χ0n) is 12.7. The number of aliphatic hydroxyl groups is 2. The van der Waals surface area contributed by atoms with Gasteiger partial charge in [-0.3, -0.25) is 14.3 Å². The molecule has 25 heavy (non-hydrogen) atoms. The third kappa shape index (κ3) is 5.03. The molecule has 1 fully saturated rings. The van der Waals surface area contributed by atoms with Crippen LogP contribution in [0.2, 0.25) is 0 Å². The molecule has 1 aliphatic rings. The maximum Gasteiger partial charge on any atom is 0.411 e. The molecule has 4 atom stereocenters. The van der Waals surface area contributed by atoms with Crippen LogP contribution in [-0.4, -0.2) is 55.8 Å². The van der Waals surface area contributed by atoms with Crippen LogP contribution in [0.3, 0.4) is 0 Å². The molecule has 142 valence electrons. The van der Waals surface area contributed by atoms with E-state index in [1.54, 1.807) is 22.6 Å². The van der Waals surface area contributed by atoms with Gasteiger partial charge in [0, 0.05) is 17.0 Å². The summed E-state index contributed by atoms with van der Waals surface area (Å²) in [7, 11) is 0. The van der Waals surface area contributed by atoms with Gasteiger partial charge in [-0.2, -0.15) is 13.2 Å². The van der Waals surface area contributed by atoms with Crippen LogP contribution in [0.4, 0.5) is 13.2 Å². The monoisotopic (exact) mass is 480 g/mol. The fraction of sp³-hybridized carbons (Fsp3) is 0.692. The first-order chi connectivity index (χ1) is 11.7. The Bertz CT molecular complexity index is 706. The Hall–Kier alpha value is -0.960. The number of hydrogen-bond acceptors (Lipinski definition) is 6. The first kappa shape index (κ1) is 20.4. The zero-order valence-corrected chi connectivity index (χ0v) is 14.9. The lowest BCUT2D eigenvalue weighted by Crippen LogP contribution is -2.36. The maximum atomic E-state index is 12.3. The van der Waals surface area contributed by atoms with Gasteiger partial charge in [-0.05, 0) is 0 Å². The van der Waals surface area contributed by atoms with E-state index < -0.39 is 55.2 Å². The predicted octanol–water partition coefficient (Wildman–Crippen LogP) is 0.232. The van der Waals surface area contributed by atoms with Gasteiger partial charge in [0.05, 0.1) is 24.4 Å². The number of nitrogens with zero attached hydrogens (tertiary/aromatic N) is 1. The van der Waals surface area contributed by atoms with E-state index >= 15 is 0 Å². The Balaban J connectivity index is 2.31. The molecule has 2 heterocycles. The molecule has 1 aromatic heterocycles. The minimum Gasteiger partial charge on any atom is -0.394 e. The van der Waals surface area contributed by atoms with Crippen molar-refractivity contribution in [1.29, 1.82) is 0 Å². The number of H-pyrrole nitrogens is 1. The number of aliphatic hydroxyl groups excluding tert-OH is 2. The summed E-state index contributed by atoms with van der Waals surface area (Å²) in [6, 6.07) is 0. The average molecular weight is 480 g/mol. The number of nitrogens with one attached hydrogen (secondary N) is 1.